The Morgan fingerprint density at radius 1 is 1.56 bits per heavy atom. The monoisotopic (exact) mass is 228 g/mol. The Kier molecular flexibility index (Phi) is 5.33. The predicted octanol–water partition coefficient (Wildman–Crippen LogP) is -0.203. The Hall–Kier alpha value is -1.74. The average molecular weight is 228 g/mol. The topological polar surface area (TPSA) is 87.7 Å². The highest BCUT2D eigenvalue weighted by Crippen LogP contribution is 1.97. The van der Waals surface area contributed by atoms with Crippen LogP contribution in [0.1, 0.15) is 13.8 Å². The van der Waals surface area contributed by atoms with Crippen molar-refractivity contribution in [2.45, 2.75) is 25.5 Å². The molecule has 1 atom stereocenters. The summed E-state index contributed by atoms with van der Waals surface area (Å²) in [7, 11) is 1.25. The van der Waals surface area contributed by atoms with Gasteiger partial charge in [0.15, 0.2) is 6.10 Å². The minimum atomic E-state index is -1.14. The molecule has 2 amide bonds. The summed E-state index contributed by atoms with van der Waals surface area (Å²) < 4.78 is 4.64. The summed E-state index contributed by atoms with van der Waals surface area (Å²) in [6.07, 6.45) is 4.10. The number of carboxylic acids is 1. The number of carbonyl (C=O) groups excluding carboxylic acids is 1. The standard InChI is InChI=1S/C10H16N2O4/c1-5-10(2,3)12-9(15)11-6-7(16-4)8(13)14/h1,7H,6H2,2-4H3,(H,13,14)(H2,11,12,15). The molecule has 0 aliphatic rings. The molecule has 90 valence electrons. The number of hydrogen-bond acceptors (Lipinski definition) is 3. The molecule has 0 aromatic rings. The van der Waals surface area contributed by atoms with Gasteiger partial charge in [0.2, 0.25) is 0 Å². The number of amides is 2. The summed E-state index contributed by atoms with van der Waals surface area (Å²) >= 11 is 0. The first-order chi connectivity index (χ1) is 7.32. The molecule has 0 bridgehead atoms. The van der Waals surface area contributed by atoms with Gasteiger partial charge in [-0.1, -0.05) is 5.92 Å². The minimum absolute atomic E-state index is 0.127. The molecule has 3 N–H and O–H groups in total. The molecule has 0 radical (unpaired) electrons. The van der Waals surface area contributed by atoms with E-state index in [2.05, 4.69) is 21.3 Å². The smallest absolute Gasteiger partial charge is 0.334 e. The van der Waals surface area contributed by atoms with E-state index in [9.17, 15) is 9.59 Å². The molecule has 0 spiro atoms. The van der Waals surface area contributed by atoms with Crippen LogP contribution in [0.15, 0.2) is 0 Å². The quantitative estimate of drug-likeness (QED) is 0.568. The third-order valence-electron chi connectivity index (χ3n) is 1.79. The number of urea groups is 1. The number of methoxy groups -OCH3 is 1. The second-order valence-electron chi connectivity index (χ2n) is 3.67. The fourth-order valence-electron chi connectivity index (χ4n) is 0.821. The van der Waals surface area contributed by atoms with Crippen LogP contribution in [0.25, 0.3) is 0 Å². The summed E-state index contributed by atoms with van der Waals surface area (Å²) in [6.45, 7) is 3.17. The molecule has 0 saturated heterocycles. The van der Waals surface area contributed by atoms with Gasteiger partial charge in [0.25, 0.3) is 0 Å². The average Bonchev–Trinajstić information content (AvgIpc) is 2.17. The van der Waals surface area contributed by atoms with E-state index in [0.717, 1.165) is 0 Å². The lowest BCUT2D eigenvalue weighted by Gasteiger charge is -2.20. The van der Waals surface area contributed by atoms with E-state index >= 15 is 0 Å². The van der Waals surface area contributed by atoms with Crippen molar-refractivity contribution in [3.05, 3.63) is 0 Å². The molecule has 0 aromatic heterocycles. The van der Waals surface area contributed by atoms with Crippen molar-refractivity contribution in [2.24, 2.45) is 0 Å². The molecule has 0 rings (SSSR count). The largest absolute Gasteiger partial charge is 0.479 e. The molecular weight excluding hydrogens is 212 g/mol. The van der Waals surface area contributed by atoms with Crippen LogP contribution in [0.5, 0.6) is 0 Å². The van der Waals surface area contributed by atoms with E-state index in [1.165, 1.54) is 7.11 Å². The van der Waals surface area contributed by atoms with Gasteiger partial charge in [-0.15, -0.1) is 6.42 Å². The summed E-state index contributed by atoms with van der Waals surface area (Å²) in [4.78, 5) is 21.8. The van der Waals surface area contributed by atoms with Gasteiger partial charge in [0, 0.05) is 7.11 Å². The molecule has 16 heavy (non-hydrogen) atoms. The van der Waals surface area contributed by atoms with Crippen LogP contribution in [0.3, 0.4) is 0 Å². The van der Waals surface area contributed by atoms with Gasteiger partial charge in [-0.3, -0.25) is 0 Å². The van der Waals surface area contributed by atoms with Crippen LogP contribution in [0, 0.1) is 12.3 Å². The van der Waals surface area contributed by atoms with Crippen molar-refractivity contribution in [2.75, 3.05) is 13.7 Å². The summed E-state index contributed by atoms with van der Waals surface area (Å²) in [5.74, 6) is 1.24. The number of rotatable bonds is 5. The number of ether oxygens (including phenoxy) is 1. The highest BCUT2D eigenvalue weighted by molar-refractivity contribution is 5.77. The lowest BCUT2D eigenvalue weighted by molar-refractivity contribution is -0.147. The molecule has 0 aromatic carbocycles. The first-order valence-corrected chi connectivity index (χ1v) is 4.61. The Balaban J connectivity index is 4.09. The predicted molar refractivity (Wildman–Crippen MR) is 57.9 cm³/mol. The molecule has 1 unspecified atom stereocenters. The van der Waals surface area contributed by atoms with Crippen molar-refractivity contribution in [3.8, 4) is 12.3 Å². The van der Waals surface area contributed by atoms with E-state index in [-0.39, 0.29) is 6.54 Å². The highest BCUT2D eigenvalue weighted by Gasteiger charge is 2.20. The molecule has 0 aliphatic carbocycles. The highest BCUT2D eigenvalue weighted by atomic mass is 16.5. The molecule has 6 nitrogen and oxygen atoms in total. The first-order valence-electron chi connectivity index (χ1n) is 4.61. The van der Waals surface area contributed by atoms with Crippen LogP contribution in [0.2, 0.25) is 0 Å². The molecule has 0 aliphatic heterocycles. The van der Waals surface area contributed by atoms with Gasteiger partial charge in [-0.25, -0.2) is 9.59 Å². The maximum atomic E-state index is 11.3. The van der Waals surface area contributed by atoms with E-state index in [1.807, 2.05) is 0 Å². The van der Waals surface area contributed by atoms with Gasteiger partial charge in [-0.05, 0) is 13.8 Å². The van der Waals surface area contributed by atoms with Gasteiger partial charge in [0.05, 0.1) is 12.1 Å². The molecule has 0 heterocycles. The third-order valence-corrected chi connectivity index (χ3v) is 1.79. The van der Waals surface area contributed by atoms with Gasteiger partial charge < -0.3 is 20.5 Å². The van der Waals surface area contributed by atoms with Crippen molar-refractivity contribution in [3.63, 3.8) is 0 Å². The van der Waals surface area contributed by atoms with E-state index in [0.29, 0.717) is 0 Å². The van der Waals surface area contributed by atoms with Crippen molar-refractivity contribution in [1.82, 2.24) is 10.6 Å². The normalized spacial score (nSPS) is 12.4. The minimum Gasteiger partial charge on any atom is -0.479 e. The van der Waals surface area contributed by atoms with E-state index in [4.69, 9.17) is 11.5 Å². The fourth-order valence-corrected chi connectivity index (χ4v) is 0.821. The van der Waals surface area contributed by atoms with Crippen LogP contribution in [-0.4, -0.2) is 42.4 Å². The SMILES string of the molecule is C#CC(C)(C)NC(=O)NCC(OC)C(=O)O. The lowest BCUT2D eigenvalue weighted by Crippen LogP contribution is -2.50. The Morgan fingerprint density at radius 2 is 2.12 bits per heavy atom. The van der Waals surface area contributed by atoms with Crippen molar-refractivity contribution in [1.29, 1.82) is 0 Å². The number of nitrogens with one attached hydrogen (secondary N) is 2. The van der Waals surface area contributed by atoms with Gasteiger partial charge >= 0.3 is 12.0 Å². The summed E-state index contributed by atoms with van der Waals surface area (Å²) in [6, 6.07) is -0.536. The summed E-state index contributed by atoms with van der Waals surface area (Å²) in [5.41, 5.74) is -0.782. The molecular formula is C10H16N2O4. The number of terminal acetylenes is 1. The second kappa shape index (κ2) is 5.98. The van der Waals surface area contributed by atoms with Crippen molar-refractivity contribution >= 4 is 12.0 Å². The Labute approximate surface area is 94.4 Å². The Morgan fingerprint density at radius 3 is 2.50 bits per heavy atom. The summed E-state index contributed by atoms with van der Waals surface area (Å²) in [5, 5.41) is 13.5. The van der Waals surface area contributed by atoms with Crippen LogP contribution in [0.4, 0.5) is 4.79 Å². The van der Waals surface area contributed by atoms with Gasteiger partial charge in [-0.2, -0.15) is 0 Å². The molecule has 6 heteroatoms. The number of carboxylic acid groups (broad SMARTS) is 1. The fraction of sp³-hybridized carbons (Fsp3) is 0.600. The zero-order valence-corrected chi connectivity index (χ0v) is 9.53. The Bertz CT molecular complexity index is 306. The maximum Gasteiger partial charge on any atom is 0.334 e. The van der Waals surface area contributed by atoms with Crippen molar-refractivity contribution < 1.29 is 19.4 Å². The van der Waals surface area contributed by atoms with E-state index < -0.39 is 23.6 Å². The van der Waals surface area contributed by atoms with Crippen LogP contribution < -0.4 is 10.6 Å². The zero-order chi connectivity index (χ0) is 12.8. The van der Waals surface area contributed by atoms with Gasteiger partial charge in [0.1, 0.15) is 0 Å². The second-order valence-corrected chi connectivity index (χ2v) is 3.67. The number of carbonyl (C=O) groups is 2. The first kappa shape index (κ1) is 14.3. The molecule has 0 fully saturated rings. The lowest BCUT2D eigenvalue weighted by atomic mass is 10.1. The van der Waals surface area contributed by atoms with Crippen LogP contribution >= 0.6 is 0 Å². The van der Waals surface area contributed by atoms with Crippen LogP contribution in [-0.2, 0) is 9.53 Å². The zero-order valence-electron chi connectivity index (χ0n) is 9.53. The maximum absolute atomic E-state index is 11.3. The number of hydrogen-bond donors (Lipinski definition) is 3. The van der Waals surface area contributed by atoms with E-state index in [1.54, 1.807) is 13.8 Å². The number of aliphatic carboxylic acids is 1. The third kappa shape index (κ3) is 5.22. The molecule has 0 saturated carbocycles.